The summed E-state index contributed by atoms with van der Waals surface area (Å²) in [7, 11) is 2.03. The van der Waals surface area contributed by atoms with Crippen LogP contribution in [0.3, 0.4) is 0 Å². The van der Waals surface area contributed by atoms with Gasteiger partial charge in [-0.25, -0.2) is 0 Å². The van der Waals surface area contributed by atoms with Gasteiger partial charge >= 0.3 is 0 Å². The van der Waals surface area contributed by atoms with Crippen LogP contribution in [0.5, 0.6) is 0 Å². The molecule has 0 bridgehead atoms. The molecule has 0 unspecified atom stereocenters. The highest BCUT2D eigenvalue weighted by Gasteiger charge is 2.08. The van der Waals surface area contributed by atoms with Crippen molar-refractivity contribution in [1.82, 2.24) is 4.90 Å². The van der Waals surface area contributed by atoms with Crippen molar-refractivity contribution in [2.45, 2.75) is 17.9 Å². The van der Waals surface area contributed by atoms with Crippen molar-refractivity contribution in [1.29, 1.82) is 0 Å². The van der Waals surface area contributed by atoms with E-state index in [1.807, 2.05) is 49.7 Å². The quantitative estimate of drug-likeness (QED) is 0.696. The van der Waals surface area contributed by atoms with Gasteiger partial charge < -0.3 is 10.2 Å². The second kappa shape index (κ2) is 9.11. The highest BCUT2D eigenvalue weighted by Crippen LogP contribution is 2.24. The van der Waals surface area contributed by atoms with Gasteiger partial charge in [0.2, 0.25) is 5.91 Å². The summed E-state index contributed by atoms with van der Waals surface area (Å²) in [4.78, 5) is 15.4. The Kier molecular flexibility index (Phi) is 7.15. The topological polar surface area (TPSA) is 32.3 Å². The summed E-state index contributed by atoms with van der Waals surface area (Å²) in [6, 6.07) is 16.1. The van der Waals surface area contributed by atoms with Crippen LogP contribution >= 0.6 is 27.7 Å². The Labute approximate surface area is 150 Å². The first-order chi connectivity index (χ1) is 11.1. The highest BCUT2D eigenvalue weighted by atomic mass is 79.9. The fourth-order valence-corrected chi connectivity index (χ4v) is 3.05. The molecule has 2 aromatic carbocycles. The molecule has 0 aliphatic heterocycles. The molecule has 0 atom stereocenters. The first-order valence-electron chi connectivity index (χ1n) is 7.44. The molecule has 0 heterocycles. The second-order valence-corrected chi connectivity index (χ2v) is 7.13. The van der Waals surface area contributed by atoms with Crippen molar-refractivity contribution in [2.75, 3.05) is 25.2 Å². The van der Waals surface area contributed by atoms with Crippen LogP contribution in [0.1, 0.15) is 12.0 Å². The van der Waals surface area contributed by atoms with E-state index in [1.54, 1.807) is 11.8 Å². The van der Waals surface area contributed by atoms with Crippen LogP contribution in [-0.4, -0.2) is 30.7 Å². The minimum Gasteiger partial charge on any atom is -0.325 e. The van der Waals surface area contributed by atoms with Crippen molar-refractivity contribution in [3.8, 4) is 0 Å². The molecule has 0 saturated heterocycles. The molecule has 3 nitrogen and oxygen atoms in total. The minimum atomic E-state index is 0.0501. The number of carbonyl (C=O) groups excluding carboxylic acids is 1. The summed E-state index contributed by atoms with van der Waals surface area (Å²) in [5.41, 5.74) is 2.13. The number of amides is 1. The predicted octanol–water partition coefficient (Wildman–Crippen LogP) is 4.63. The number of anilines is 1. The summed E-state index contributed by atoms with van der Waals surface area (Å²) >= 11 is 5.07. The summed E-state index contributed by atoms with van der Waals surface area (Å²) in [6.07, 6.45) is 2.49. The molecule has 0 fully saturated rings. The number of para-hydroxylation sites is 1. The van der Waals surface area contributed by atoms with Gasteiger partial charge in [-0.05, 0) is 43.1 Å². The van der Waals surface area contributed by atoms with Gasteiger partial charge in [0.25, 0.3) is 0 Å². The Morgan fingerprint density at radius 1 is 1.17 bits per heavy atom. The van der Waals surface area contributed by atoms with E-state index in [0.29, 0.717) is 6.42 Å². The normalized spacial score (nSPS) is 10.8. The molecule has 0 aliphatic rings. The van der Waals surface area contributed by atoms with Crippen LogP contribution in [0.25, 0.3) is 0 Å². The lowest BCUT2D eigenvalue weighted by Gasteiger charge is -2.17. The van der Waals surface area contributed by atoms with Gasteiger partial charge in [0.15, 0.2) is 0 Å². The fraction of sp³-hybridized carbons (Fsp3) is 0.278. The van der Waals surface area contributed by atoms with E-state index in [9.17, 15) is 4.79 Å². The Hall–Kier alpha value is -1.30. The molecule has 0 aliphatic carbocycles. The number of hydrogen-bond donors (Lipinski definition) is 1. The third-order valence-corrected chi connectivity index (χ3v) is 4.79. The van der Waals surface area contributed by atoms with Gasteiger partial charge in [0.1, 0.15) is 0 Å². The second-order valence-electron chi connectivity index (χ2n) is 5.36. The lowest BCUT2D eigenvalue weighted by molar-refractivity contribution is -0.116. The molecule has 5 heteroatoms. The van der Waals surface area contributed by atoms with Crippen LogP contribution in [0.15, 0.2) is 57.9 Å². The first kappa shape index (κ1) is 18.0. The van der Waals surface area contributed by atoms with Crippen LogP contribution in [-0.2, 0) is 11.3 Å². The van der Waals surface area contributed by atoms with Gasteiger partial charge in [0.05, 0.1) is 5.69 Å². The third-order valence-electron chi connectivity index (χ3n) is 3.47. The molecule has 0 spiro atoms. The van der Waals surface area contributed by atoms with Crippen molar-refractivity contribution < 1.29 is 4.79 Å². The molecule has 122 valence electrons. The fourth-order valence-electron chi connectivity index (χ4n) is 2.23. The third kappa shape index (κ3) is 6.01. The number of nitrogens with zero attached hydrogens (tertiary/aromatic N) is 1. The van der Waals surface area contributed by atoms with Crippen molar-refractivity contribution in [3.05, 3.63) is 58.6 Å². The van der Waals surface area contributed by atoms with Crippen LogP contribution < -0.4 is 5.32 Å². The maximum atomic E-state index is 12.1. The van der Waals surface area contributed by atoms with E-state index in [0.717, 1.165) is 28.1 Å². The summed E-state index contributed by atoms with van der Waals surface area (Å²) in [5, 5.41) is 3.00. The van der Waals surface area contributed by atoms with E-state index >= 15 is 0 Å². The monoisotopic (exact) mass is 392 g/mol. The van der Waals surface area contributed by atoms with Gasteiger partial charge in [-0.2, -0.15) is 0 Å². The standard InChI is InChI=1S/C18H21BrN2OS/c1-21(13-14-7-9-15(19)10-8-14)12-11-18(22)20-16-5-3-4-6-17(16)23-2/h3-10H,11-13H2,1-2H3,(H,20,22). The van der Waals surface area contributed by atoms with E-state index in [4.69, 9.17) is 0 Å². The molecule has 1 amide bonds. The summed E-state index contributed by atoms with van der Waals surface area (Å²) in [5.74, 6) is 0.0501. The maximum absolute atomic E-state index is 12.1. The number of carbonyl (C=O) groups is 1. The first-order valence-corrected chi connectivity index (χ1v) is 9.46. The number of nitrogens with one attached hydrogen (secondary N) is 1. The molecule has 0 saturated carbocycles. The van der Waals surface area contributed by atoms with E-state index in [1.165, 1.54) is 5.56 Å². The smallest absolute Gasteiger partial charge is 0.225 e. The molecule has 0 aromatic heterocycles. The molecule has 2 rings (SSSR count). The minimum absolute atomic E-state index is 0.0501. The predicted molar refractivity (Wildman–Crippen MR) is 102 cm³/mol. The van der Waals surface area contributed by atoms with Crippen molar-refractivity contribution in [2.24, 2.45) is 0 Å². The summed E-state index contributed by atoms with van der Waals surface area (Å²) < 4.78 is 1.08. The van der Waals surface area contributed by atoms with Gasteiger partial charge in [-0.1, -0.05) is 40.2 Å². The SMILES string of the molecule is CSc1ccccc1NC(=O)CCN(C)Cc1ccc(Br)cc1. The average molecular weight is 393 g/mol. The number of rotatable bonds is 7. The number of halogens is 1. The summed E-state index contributed by atoms with van der Waals surface area (Å²) in [6.45, 7) is 1.56. The average Bonchev–Trinajstić information content (AvgIpc) is 2.55. The van der Waals surface area contributed by atoms with Crippen LogP contribution in [0.4, 0.5) is 5.69 Å². The van der Waals surface area contributed by atoms with Gasteiger partial charge in [-0.15, -0.1) is 11.8 Å². The van der Waals surface area contributed by atoms with E-state index in [2.05, 4.69) is 38.3 Å². The number of hydrogen-bond acceptors (Lipinski definition) is 3. The molecule has 2 aromatic rings. The van der Waals surface area contributed by atoms with E-state index in [-0.39, 0.29) is 5.91 Å². The highest BCUT2D eigenvalue weighted by molar-refractivity contribution is 9.10. The zero-order valence-corrected chi connectivity index (χ0v) is 15.8. The molecule has 0 radical (unpaired) electrons. The van der Waals surface area contributed by atoms with Gasteiger partial charge in [0, 0.05) is 28.9 Å². The zero-order chi connectivity index (χ0) is 16.7. The Balaban J connectivity index is 1.80. The molecule has 23 heavy (non-hydrogen) atoms. The van der Waals surface area contributed by atoms with Crippen LogP contribution in [0.2, 0.25) is 0 Å². The molecule has 1 N–H and O–H groups in total. The molecular weight excluding hydrogens is 372 g/mol. The van der Waals surface area contributed by atoms with Crippen molar-refractivity contribution >= 4 is 39.3 Å². The largest absolute Gasteiger partial charge is 0.325 e. The number of thioether (sulfide) groups is 1. The Morgan fingerprint density at radius 3 is 2.57 bits per heavy atom. The lowest BCUT2D eigenvalue weighted by Crippen LogP contribution is -2.24. The Bertz CT molecular complexity index is 646. The van der Waals surface area contributed by atoms with Gasteiger partial charge in [-0.3, -0.25) is 4.79 Å². The number of benzene rings is 2. The van der Waals surface area contributed by atoms with Crippen LogP contribution in [0, 0.1) is 0 Å². The maximum Gasteiger partial charge on any atom is 0.225 e. The van der Waals surface area contributed by atoms with E-state index < -0.39 is 0 Å². The lowest BCUT2D eigenvalue weighted by atomic mass is 10.2. The van der Waals surface area contributed by atoms with Crippen molar-refractivity contribution in [3.63, 3.8) is 0 Å². The Morgan fingerprint density at radius 2 is 1.87 bits per heavy atom. The zero-order valence-electron chi connectivity index (χ0n) is 13.4. The molecular formula is C18H21BrN2OS.